The maximum atomic E-state index is 12.4. The van der Waals surface area contributed by atoms with E-state index < -0.39 is 0 Å². The molecule has 0 aliphatic carbocycles. The first kappa shape index (κ1) is 15.7. The third-order valence-corrected chi connectivity index (χ3v) is 3.76. The number of aromatic nitrogens is 2. The summed E-state index contributed by atoms with van der Waals surface area (Å²) in [6.45, 7) is 5.48. The molecule has 0 aliphatic heterocycles. The van der Waals surface area contributed by atoms with Crippen LogP contribution in [0.4, 0.5) is 5.69 Å². The van der Waals surface area contributed by atoms with E-state index in [2.05, 4.69) is 13.8 Å². The SMILES string of the molecule is CCCc1c(N)c(=O)n(Cc2cccc(Cl)c2)n1CCC. The molecule has 21 heavy (non-hydrogen) atoms. The van der Waals surface area contributed by atoms with Crippen LogP contribution in [0.1, 0.15) is 37.9 Å². The van der Waals surface area contributed by atoms with Crippen molar-refractivity contribution in [1.82, 2.24) is 9.36 Å². The first-order chi connectivity index (χ1) is 10.1. The van der Waals surface area contributed by atoms with Crippen LogP contribution >= 0.6 is 11.6 Å². The van der Waals surface area contributed by atoms with Crippen molar-refractivity contribution in [3.63, 3.8) is 0 Å². The lowest BCUT2D eigenvalue weighted by atomic mass is 10.2. The molecular weight excluding hydrogens is 286 g/mol. The van der Waals surface area contributed by atoms with Gasteiger partial charge in [-0.25, -0.2) is 4.68 Å². The number of nitrogens with zero attached hydrogens (tertiary/aromatic N) is 2. The summed E-state index contributed by atoms with van der Waals surface area (Å²) in [5.74, 6) is 0. The van der Waals surface area contributed by atoms with E-state index in [0.29, 0.717) is 17.3 Å². The predicted molar refractivity (Wildman–Crippen MR) is 87.9 cm³/mol. The van der Waals surface area contributed by atoms with Crippen molar-refractivity contribution in [1.29, 1.82) is 0 Å². The van der Waals surface area contributed by atoms with E-state index in [1.165, 1.54) is 0 Å². The van der Waals surface area contributed by atoms with Crippen LogP contribution in [0.25, 0.3) is 0 Å². The summed E-state index contributed by atoms with van der Waals surface area (Å²) < 4.78 is 3.76. The Hall–Kier alpha value is -1.68. The zero-order chi connectivity index (χ0) is 15.4. The molecule has 1 aromatic heterocycles. The van der Waals surface area contributed by atoms with E-state index in [1.807, 2.05) is 28.9 Å². The molecule has 2 aromatic rings. The zero-order valence-corrected chi connectivity index (χ0v) is 13.4. The lowest BCUT2D eigenvalue weighted by Crippen LogP contribution is -2.25. The molecule has 0 saturated carbocycles. The second-order valence-corrected chi connectivity index (χ2v) is 5.66. The number of anilines is 1. The number of halogens is 1. The molecule has 0 unspecified atom stereocenters. The van der Waals surface area contributed by atoms with Gasteiger partial charge < -0.3 is 5.73 Å². The van der Waals surface area contributed by atoms with Crippen LogP contribution in [0.3, 0.4) is 0 Å². The predicted octanol–water partition coefficient (Wildman–Crippen LogP) is 3.30. The van der Waals surface area contributed by atoms with Crippen LogP contribution in [0.2, 0.25) is 5.02 Å². The van der Waals surface area contributed by atoms with E-state index in [4.69, 9.17) is 17.3 Å². The van der Waals surface area contributed by atoms with E-state index in [-0.39, 0.29) is 5.56 Å². The molecule has 0 fully saturated rings. The number of rotatable bonds is 6. The van der Waals surface area contributed by atoms with Gasteiger partial charge in [-0.05, 0) is 30.5 Å². The van der Waals surface area contributed by atoms with Crippen molar-refractivity contribution in [3.05, 3.63) is 50.9 Å². The highest BCUT2D eigenvalue weighted by Crippen LogP contribution is 2.15. The molecule has 0 radical (unpaired) electrons. The van der Waals surface area contributed by atoms with Crippen LogP contribution in [0, 0.1) is 0 Å². The van der Waals surface area contributed by atoms with Gasteiger partial charge in [-0.3, -0.25) is 9.48 Å². The van der Waals surface area contributed by atoms with Crippen LogP contribution in [0.15, 0.2) is 29.1 Å². The summed E-state index contributed by atoms with van der Waals surface area (Å²) in [5.41, 5.74) is 8.25. The standard InChI is InChI=1S/C16H22ClN3O/c1-3-6-14-15(18)16(21)20(19(14)9-4-2)11-12-7-5-8-13(17)10-12/h5,7-8,10H,3-4,6,9,11,18H2,1-2H3. The van der Waals surface area contributed by atoms with Gasteiger partial charge in [-0.2, -0.15) is 0 Å². The summed E-state index contributed by atoms with van der Waals surface area (Å²) in [5, 5.41) is 0.677. The molecule has 2 N–H and O–H groups in total. The van der Waals surface area contributed by atoms with Crippen molar-refractivity contribution in [2.45, 2.75) is 46.2 Å². The highest BCUT2D eigenvalue weighted by atomic mass is 35.5. The maximum absolute atomic E-state index is 12.4. The quantitative estimate of drug-likeness (QED) is 0.890. The third-order valence-electron chi connectivity index (χ3n) is 3.52. The highest BCUT2D eigenvalue weighted by molar-refractivity contribution is 6.30. The smallest absolute Gasteiger partial charge is 0.290 e. The molecule has 4 nitrogen and oxygen atoms in total. The van der Waals surface area contributed by atoms with Crippen molar-refractivity contribution >= 4 is 17.3 Å². The van der Waals surface area contributed by atoms with Gasteiger partial charge in [0.25, 0.3) is 5.56 Å². The van der Waals surface area contributed by atoms with Crippen molar-refractivity contribution in [2.75, 3.05) is 5.73 Å². The number of nitrogens with two attached hydrogens (primary N) is 1. The van der Waals surface area contributed by atoms with Gasteiger partial charge in [0.15, 0.2) is 0 Å². The molecule has 0 saturated heterocycles. The minimum Gasteiger partial charge on any atom is -0.393 e. The van der Waals surface area contributed by atoms with E-state index in [1.54, 1.807) is 4.68 Å². The molecule has 114 valence electrons. The minimum absolute atomic E-state index is 0.105. The normalized spacial score (nSPS) is 11.0. The van der Waals surface area contributed by atoms with Gasteiger partial charge >= 0.3 is 0 Å². The highest BCUT2D eigenvalue weighted by Gasteiger charge is 2.16. The van der Waals surface area contributed by atoms with Gasteiger partial charge in [0.05, 0.1) is 12.2 Å². The second kappa shape index (κ2) is 6.85. The minimum atomic E-state index is -0.105. The van der Waals surface area contributed by atoms with Crippen LogP contribution in [-0.2, 0) is 19.5 Å². The van der Waals surface area contributed by atoms with Crippen LogP contribution < -0.4 is 11.3 Å². The fourth-order valence-electron chi connectivity index (χ4n) is 2.59. The molecule has 0 atom stereocenters. The number of benzene rings is 1. The molecule has 0 spiro atoms. The van der Waals surface area contributed by atoms with Gasteiger partial charge in [0.1, 0.15) is 5.69 Å². The van der Waals surface area contributed by atoms with Crippen molar-refractivity contribution < 1.29 is 0 Å². The number of hydrogen-bond acceptors (Lipinski definition) is 2. The van der Waals surface area contributed by atoms with E-state index in [9.17, 15) is 4.79 Å². The molecule has 0 amide bonds. The molecule has 0 bridgehead atoms. The van der Waals surface area contributed by atoms with Crippen molar-refractivity contribution in [2.24, 2.45) is 0 Å². The molecule has 1 aromatic carbocycles. The second-order valence-electron chi connectivity index (χ2n) is 5.23. The molecule has 0 aliphatic rings. The molecule has 5 heteroatoms. The fourth-order valence-corrected chi connectivity index (χ4v) is 2.80. The summed E-state index contributed by atoms with van der Waals surface area (Å²) in [4.78, 5) is 12.4. The van der Waals surface area contributed by atoms with E-state index in [0.717, 1.165) is 37.1 Å². The summed E-state index contributed by atoms with van der Waals surface area (Å²) in [6.07, 6.45) is 2.75. The maximum Gasteiger partial charge on any atom is 0.290 e. The van der Waals surface area contributed by atoms with Gasteiger partial charge in [0, 0.05) is 11.6 Å². The average Bonchev–Trinajstić information content (AvgIpc) is 2.66. The van der Waals surface area contributed by atoms with Gasteiger partial charge in [-0.15, -0.1) is 0 Å². The zero-order valence-electron chi connectivity index (χ0n) is 12.6. The Morgan fingerprint density at radius 2 is 1.95 bits per heavy atom. The largest absolute Gasteiger partial charge is 0.393 e. The first-order valence-electron chi connectivity index (χ1n) is 7.40. The Balaban J connectivity index is 2.46. The molecule has 1 heterocycles. The summed E-state index contributed by atoms with van der Waals surface area (Å²) in [6, 6.07) is 7.58. The Labute approximate surface area is 130 Å². The van der Waals surface area contributed by atoms with Crippen LogP contribution in [0.5, 0.6) is 0 Å². The van der Waals surface area contributed by atoms with Crippen LogP contribution in [-0.4, -0.2) is 9.36 Å². The van der Waals surface area contributed by atoms with Gasteiger partial charge in [0.2, 0.25) is 0 Å². The van der Waals surface area contributed by atoms with Gasteiger partial charge in [-0.1, -0.05) is 44.0 Å². The molecule has 2 rings (SSSR count). The number of hydrogen-bond donors (Lipinski definition) is 1. The summed E-state index contributed by atoms with van der Waals surface area (Å²) >= 11 is 6.02. The Morgan fingerprint density at radius 1 is 1.19 bits per heavy atom. The lowest BCUT2D eigenvalue weighted by molar-refractivity contribution is 0.449. The monoisotopic (exact) mass is 307 g/mol. The van der Waals surface area contributed by atoms with E-state index >= 15 is 0 Å². The third kappa shape index (κ3) is 3.32. The van der Waals surface area contributed by atoms with Crippen molar-refractivity contribution in [3.8, 4) is 0 Å². The molecular formula is C16H22ClN3O. The first-order valence-corrected chi connectivity index (χ1v) is 7.78. The Bertz CT molecular complexity index is 673. The summed E-state index contributed by atoms with van der Waals surface area (Å²) in [7, 11) is 0. The Kier molecular flexibility index (Phi) is 5.12. The fraction of sp³-hybridized carbons (Fsp3) is 0.438. The average molecular weight is 308 g/mol. The number of nitrogen functional groups attached to an aromatic ring is 1. The Morgan fingerprint density at radius 3 is 2.57 bits per heavy atom. The lowest BCUT2D eigenvalue weighted by Gasteiger charge is -2.14. The topological polar surface area (TPSA) is 53.0 Å².